The summed E-state index contributed by atoms with van der Waals surface area (Å²) in [5.74, 6) is 0.180. The molecule has 1 aromatic carbocycles. The second-order valence-electron chi connectivity index (χ2n) is 7.44. The number of amides is 2. The maximum Gasteiger partial charge on any atom is 0.259 e. The van der Waals surface area contributed by atoms with Crippen LogP contribution in [-0.4, -0.2) is 38.2 Å². The summed E-state index contributed by atoms with van der Waals surface area (Å²) in [6, 6.07) is 10.2. The van der Waals surface area contributed by atoms with Gasteiger partial charge in [0, 0.05) is 35.8 Å². The van der Waals surface area contributed by atoms with Gasteiger partial charge in [0.05, 0.1) is 22.9 Å². The molecule has 8 heteroatoms. The number of rotatable bonds is 4. The van der Waals surface area contributed by atoms with Gasteiger partial charge in [0.25, 0.3) is 11.8 Å². The van der Waals surface area contributed by atoms with Gasteiger partial charge in [0.15, 0.2) is 5.82 Å². The van der Waals surface area contributed by atoms with Gasteiger partial charge in [-0.3, -0.25) is 14.6 Å². The summed E-state index contributed by atoms with van der Waals surface area (Å²) in [6.07, 6.45) is 7.45. The standard InChI is InChI=1S/C23H22ClN5O2/c1-15-19(22(30)28-18-9-7-17(24)8-10-18)14-26-21(27-15)20-6-2-3-12-29(20)23(31)16-5-4-11-25-13-16/h4-5,7-11,13-14,20H,2-3,6,12H2,1H3,(H,28,30)/t20-/m0/s1. The minimum atomic E-state index is -0.293. The molecule has 1 N–H and O–H groups in total. The Morgan fingerprint density at radius 1 is 1.13 bits per heavy atom. The van der Waals surface area contributed by atoms with Crippen LogP contribution in [0.2, 0.25) is 5.02 Å². The summed E-state index contributed by atoms with van der Waals surface area (Å²) in [7, 11) is 0. The Morgan fingerprint density at radius 3 is 2.65 bits per heavy atom. The van der Waals surface area contributed by atoms with Crippen LogP contribution in [0, 0.1) is 6.92 Å². The molecule has 0 unspecified atom stereocenters. The molecule has 0 bridgehead atoms. The maximum atomic E-state index is 13.0. The largest absolute Gasteiger partial charge is 0.328 e. The molecule has 2 aromatic heterocycles. The van der Waals surface area contributed by atoms with Crippen molar-refractivity contribution in [1.82, 2.24) is 19.9 Å². The average Bonchev–Trinajstić information content (AvgIpc) is 2.80. The lowest BCUT2D eigenvalue weighted by Gasteiger charge is -2.34. The molecule has 0 aliphatic carbocycles. The zero-order valence-electron chi connectivity index (χ0n) is 17.1. The van der Waals surface area contributed by atoms with Crippen molar-refractivity contribution in [2.24, 2.45) is 0 Å². The third-order valence-electron chi connectivity index (χ3n) is 5.31. The summed E-state index contributed by atoms with van der Waals surface area (Å²) >= 11 is 5.89. The Hall–Kier alpha value is -3.32. The van der Waals surface area contributed by atoms with Gasteiger partial charge in [-0.05, 0) is 62.6 Å². The van der Waals surface area contributed by atoms with Crippen molar-refractivity contribution in [2.45, 2.75) is 32.2 Å². The van der Waals surface area contributed by atoms with Crippen molar-refractivity contribution >= 4 is 29.1 Å². The Kier molecular flexibility index (Phi) is 6.23. The molecular weight excluding hydrogens is 414 g/mol. The second kappa shape index (κ2) is 9.22. The fourth-order valence-electron chi connectivity index (χ4n) is 3.70. The number of nitrogens with one attached hydrogen (secondary N) is 1. The van der Waals surface area contributed by atoms with Gasteiger partial charge in [0.1, 0.15) is 0 Å². The Morgan fingerprint density at radius 2 is 1.94 bits per heavy atom. The highest BCUT2D eigenvalue weighted by atomic mass is 35.5. The monoisotopic (exact) mass is 435 g/mol. The molecule has 1 aliphatic heterocycles. The summed E-state index contributed by atoms with van der Waals surface area (Å²) < 4.78 is 0. The van der Waals surface area contributed by atoms with Crippen LogP contribution in [0.15, 0.2) is 55.0 Å². The fourth-order valence-corrected chi connectivity index (χ4v) is 3.82. The normalized spacial score (nSPS) is 16.1. The molecule has 4 rings (SSSR count). The highest BCUT2D eigenvalue weighted by Crippen LogP contribution is 2.30. The van der Waals surface area contributed by atoms with Crippen LogP contribution in [0.25, 0.3) is 0 Å². The maximum absolute atomic E-state index is 13.0. The Bertz CT molecular complexity index is 1090. The smallest absolute Gasteiger partial charge is 0.259 e. The highest BCUT2D eigenvalue weighted by molar-refractivity contribution is 6.30. The number of carbonyl (C=O) groups is 2. The Labute approximate surface area is 185 Å². The number of halogens is 1. The first-order valence-corrected chi connectivity index (χ1v) is 10.5. The number of aryl methyl sites for hydroxylation is 1. The molecule has 3 aromatic rings. The minimum absolute atomic E-state index is 0.0800. The molecule has 1 atom stereocenters. The number of likely N-dealkylation sites (tertiary alicyclic amines) is 1. The first-order chi connectivity index (χ1) is 15.0. The lowest BCUT2D eigenvalue weighted by Crippen LogP contribution is -2.39. The summed E-state index contributed by atoms with van der Waals surface area (Å²) in [4.78, 5) is 40.6. The van der Waals surface area contributed by atoms with E-state index in [1.807, 2.05) is 4.90 Å². The molecule has 158 valence electrons. The molecule has 0 saturated carbocycles. The number of carbonyl (C=O) groups excluding carboxylic acids is 2. The van der Waals surface area contributed by atoms with E-state index in [1.54, 1.807) is 55.7 Å². The van der Waals surface area contributed by atoms with E-state index in [9.17, 15) is 9.59 Å². The van der Waals surface area contributed by atoms with E-state index in [-0.39, 0.29) is 17.9 Å². The predicted octanol–water partition coefficient (Wildman–Crippen LogP) is 4.45. The van der Waals surface area contributed by atoms with E-state index in [2.05, 4.69) is 20.3 Å². The van der Waals surface area contributed by atoms with Crippen molar-refractivity contribution < 1.29 is 9.59 Å². The molecular formula is C23H22ClN5O2. The van der Waals surface area contributed by atoms with Crippen LogP contribution in [0.1, 0.15) is 57.5 Å². The molecule has 0 spiro atoms. The zero-order chi connectivity index (χ0) is 21.8. The van der Waals surface area contributed by atoms with Crippen molar-refractivity contribution in [1.29, 1.82) is 0 Å². The molecule has 2 amide bonds. The first kappa shape index (κ1) is 20.9. The number of benzene rings is 1. The fraction of sp³-hybridized carbons (Fsp3) is 0.261. The molecule has 1 saturated heterocycles. The van der Waals surface area contributed by atoms with Crippen molar-refractivity contribution in [3.8, 4) is 0 Å². The Balaban J connectivity index is 1.55. The lowest BCUT2D eigenvalue weighted by molar-refractivity contribution is 0.0598. The average molecular weight is 436 g/mol. The van der Waals surface area contributed by atoms with Crippen LogP contribution < -0.4 is 5.32 Å². The van der Waals surface area contributed by atoms with E-state index in [0.717, 1.165) is 19.3 Å². The number of aromatic nitrogens is 3. The molecule has 7 nitrogen and oxygen atoms in total. The van der Waals surface area contributed by atoms with Gasteiger partial charge < -0.3 is 10.2 Å². The summed E-state index contributed by atoms with van der Waals surface area (Å²) in [6.45, 7) is 2.41. The molecule has 0 radical (unpaired) electrons. The minimum Gasteiger partial charge on any atom is -0.328 e. The van der Waals surface area contributed by atoms with Crippen molar-refractivity contribution in [2.75, 3.05) is 11.9 Å². The number of nitrogens with zero attached hydrogens (tertiary/aromatic N) is 4. The van der Waals surface area contributed by atoms with E-state index in [0.29, 0.717) is 39.9 Å². The zero-order valence-corrected chi connectivity index (χ0v) is 17.8. The van der Waals surface area contributed by atoms with Gasteiger partial charge in [0.2, 0.25) is 0 Å². The number of piperidine rings is 1. The summed E-state index contributed by atoms with van der Waals surface area (Å²) in [5.41, 5.74) is 2.14. The van der Waals surface area contributed by atoms with Crippen LogP contribution in [0.4, 0.5) is 5.69 Å². The second-order valence-corrected chi connectivity index (χ2v) is 7.88. The molecule has 31 heavy (non-hydrogen) atoms. The summed E-state index contributed by atoms with van der Waals surface area (Å²) in [5, 5.41) is 3.42. The third-order valence-corrected chi connectivity index (χ3v) is 5.57. The molecule has 3 heterocycles. The van der Waals surface area contributed by atoms with E-state index in [1.165, 1.54) is 6.20 Å². The topological polar surface area (TPSA) is 88.1 Å². The van der Waals surface area contributed by atoms with E-state index < -0.39 is 0 Å². The van der Waals surface area contributed by atoms with Crippen LogP contribution in [-0.2, 0) is 0 Å². The van der Waals surface area contributed by atoms with Crippen molar-refractivity contribution in [3.63, 3.8) is 0 Å². The van der Waals surface area contributed by atoms with E-state index in [4.69, 9.17) is 11.6 Å². The van der Waals surface area contributed by atoms with Crippen molar-refractivity contribution in [3.05, 3.63) is 82.7 Å². The van der Waals surface area contributed by atoms with Crippen LogP contribution in [0.3, 0.4) is 0 Å². The van der Waals surface area contributed by atoms with Gasteiger partial charge in [-0.25, -0.2) is 9.97 Å². The number of pyridine rings is 1. The predicted molar refractivity (Wildman–Crippen MR) is 118 cm³/mol. The number of hydrogen-bond donors (Lipinski definition) is 1. The van der Waals surface area contributed by atoms with Gasteiger partial charge in [-0.1, -0.05) is 11.6 Å². The van der Waals surface area contributed by atoms with Gasteiger partial charge in [-0.2, -0.15) is 0 Å². The lowest BCUT2D eigenvalue weighted by atomic mass is 10.00. The number of hydrogen-bond acceptors (Lipinski definition) is 5. The van der Waals surface area contributed by atoms with Crippen LogP contribution >= 0.6 is 11.6 Å². The number of anilines is 1. The van der Waals surface area contributed by atoms with Gasteiger partial charge in [-0.15, -0.1) is 0 Å². The van der Waals surface area contributed by atoms with Gasteiger partial charge >= 0.3 is 0 Å². The van der Waals surface area contributed by atoms with E-state index >= 15 is 0 Å². The third kappa shape index (κ3) is 4.72. The molecule has 1 fully saturated rings. The SMILES string of the molecule is Cc1nc([C@@H]2CCCCN2C(=O)c2cccnc2)ncc1C(=O)Nc1ccc(Cl)cc1. The first-order valence-electron chi connectivity index (χ1n) is 10.1. The molecule has 1 aliphatic rings. The highest BCUT2D eigenvalue weighted by Gasteiger charge is 2.31. The van der Waals surface area contributed by atoms with Crippen LogP contribution in [0.5, 0.6) is 0 Å². The quantitative estimate of drug-likeness (QED) is 0.653.